The van der Waals surface area contributed by atoms with Gasteiger partial charge in [0.05, 0.1) is 22.3 Å². The van der Waals surface area contributed by atoms with E-state index in [9.17, 15) is 18.0 Å². The fourth-order valence-corrected chi connectivity index (χ4v) is 5.16. The molecule has 1 amide bonds. The van der Waals surface area contributed by atoms with Crippen LogP contribution in [0.3, 0.4) is 0 Å². The first-order chi connectivity index (χ1) is 13.2. The van der Waals surface area contributed by atoms with E-state index in [4.69, 9.17) is 0 Å². The summed E-state index contributed by atoms with van der Waals surface area (Å²) in [7, 11) is 0.611. The molecule has 0 bridgehead atoms. The lowest BCUT2D eigenvalue weighted by Gasteiger charge is -2.17. The van der Waals surface area contributed by atoms with E-state index in [1.165, 1.54) is 26.1 Å². The number of benzene rings is 1. The summed E-state index contributed by atoms with van der Waals surface area (Å²) in [6, 6.07) is 2.91. The molecule has 9 nitrogen and oxygen atoms in total. The van der Waals surface area contributed by atoms with E-state index in [-0.39, 0.29) is 20.6 Å². The second-order valence-electron chi connectivity index (χ2n) is 7.92. The maximum atomic E-state index is 13.0. The summed E-state index contributed by atoms with van der Waals surface area (Å²) in [5, 5.41) is 4.30. The molecule has 3 aromatic rings. The Morgan fingerprint density at radius 2 is 1.66 bits per heavy atom. The number of rotatable bonds is 3. The molecule has 0 fully saturated rings. The van der Waals surface area contributed by atoms with Crippen molar-refractivity contribution in [1.82, 2.24) is 23.6 Å². The van der Waals surface area contributed by atoms with Gasteiger partial charge in [-0.2, -0.15) is 5.10 Å². The Labute approximate surface area is 176 Å². The summed E-state index contributed by atoms with van der Waals surface area (Å²) in [5.41, 5.74) is 0.956. The molecule has 0 aliphatic rings. The first kappa shape index (κ1) is 21.3. The number of nitrogens with zero attached hydrogens (tertiary/aromatic N) is 4. The maximum absolute atomic E-state index is 13.0. The van der Waals surface area contributed by atoms with Gasteiger partial charge in [-0.15, -0.1) is 0 Å². The van der Waals surface area contributed by atoms with Gasteiger partial charge in [0.2, 0.25) is 0 Å². The minimum Gasteiger partial charge on any atom is -0.295 e. The van der Waals surface area contributed by atoms with Gasteiger partial charge in [0.1, 0.15) is 4.90 Å². The molecule has 0 radical (unpaired) electrons. The summed E-state index contributed by atoms with van der Waals surface area (Å²) in [5.74, 6) is -0.767. The number of carbonyl (C=O) groups is 1. The molecule has 11 heteroatoms. The fourth-order valence-electron chi connectivity index (χ4n) is 3.15. The van der Waals surface area contributed by atoms with Gasteiger partial charge in [0, 0.05) is 37.2 Å². The molecule has 1 aromatic carbocycles. The van der Waals surface area contributed by atoms with Crippen molar-refractivity contribution in [3.63, 3.8) is 0 Å². The van der Waals surface area contributed by atoms with Gasteiger partial charge in [-0.25, -0.2) is 17.9 Å². The molecule has 0 saturated heterocycles. The molecule has 0 spiro atoms. The molecule has 0 atom stereocenters. The van der Waals surface area contributed by atoms with E-state index in [1.54, 1.807) is 27.2 Å². The van der Waals surface area contributed by atoms with E-state index in [1.807, 2.05) is 20.8 Å². The van der Waals surface area contributed by atoms with Gasteiger partial charge in [-0.1, -0.05) is 20.8 Å². The van der Waals surface area contributed by atoms with Crippen molar-refractivity contribution >= 4 is 42.9 Å². The molecule has 3 rings (SSSR count). The number of halogens is 1. The van der Waals surface area contributed by atoms with Crippen LogP contribution < -0.4 is 10.4 Å². The lowest BCUT2D eigenvalue weighted by Crippen LogP contribution is -2.32. The number of amides is 1. The Morgan fingerprint density at radius 3 is 2.21 bits per heavy atom. The van der Waals surface area contributed by atoms with E-state index >= 15 is 0 Å². The van der Waals surface area contributed by atoms with Crippen LogP contribution in [-0.4, -0.2) is 33.2 Å². The van der Waals surface area contributed by atoms with Gasteiger partial charge in [0.25, 0.3) is 15.9 Å². The summed E-state index contributed by atoms with van der Waals surface area (Å²) >= 11 is 3.25. The topological polar surface area (TPSA) is 108 Å². The highest BCUT2D eigenvalue weighted by Gasteiger charge is 2.29. The zero-order chi connectivity index (χ0) is 21.9. The van der Waals surface area contributed by atoms with Crippen LogP contribution in [0.25, 0.3) is 11.0 Å². The molecule has 29 heavy (non-hydrogen) atoms. The third-order valence-electron chi connectivity index (χ3n) is 4.63. The predicted octanol–water partition coefficient (Wildman–Crippen LogP) is 1.79. The monoisotopic (exact) mass is 483 g/mol. The molecule has 0 saturated carbocycles. The molecule has 0 aliphatic heterocycles. The number of hydrogen-bond acceptors (Lipinski definition) is 5. The Morgan fingerprint density at radius 1 is 1.10 bits per heavy atom. The smallest absolute Gasteiger partial charge is 0.295 e. The highest BCUT2D eigenvalue weighted by molar-refractivity contribution is 9.10. The standard InChI is InChI=1S/C18H22BrN5O4S/c1-18(2,3)15-10(9-22(4)20-15)16(25)21-29(27,28)14-8-13-12(7-11(14)19)23(5)17(26)24(13)6/h7-9H,1-6H3,(H,21,25). The van der Waals surface area contributed by atoms with Gasteiger partial charge >= 0.3 is 5.69 Å². The number of fused-ring (bicyclic) bond motifs is 1. The van der Waals surface area contributed by atoms with Gasteiger partial charge < -0.3 is 0 Å². The van der Waals surface area contributed by atoms with Crippen molar-refractivity contribution in [1.29, 1.82) is 0 Å². The van der Waals surface area contributed by atoms with E-state index < -0.39 is 21.3 Å². The predicted molar refractivity (Wildman–Crippen MR) is 112 cm³/mol. The SMILES string of the molecule is Cn1cc(C(=O)NS(=O)(=O)c2cc3c(cc2Br)n(C)c(=O)n3C)c(C(C)(C)C)n1. The summed E-state index contributed by atoms with van der Waals surface area (Å²) < 4.78 is 32.5. The molecule has 2 aromatic heterocycles. The quantitative estimate of drug-likeness (QED) is 0.610. The van der Waals surface area contributed by atoms with E-state index in [0.29, 0.717) is 16.7 Å². The van der Waals surface area contributed by atoms with Crippen molar-refractivity contribution in [2.75, 3.05) is 0 Å². The number of sulfonamides is 1. The van der Waals surface area contributed by atoms with Crippen LogP contribution >= 0.6 is 15.9 Å². The normalized spacial score (nSPS) is 12.5. The number of carbonyl (C=O) groups excluding carboxylic acids is 1. The van der Waals surface area contributed by atoms with E-state index in [0.717, 1.165) is 0 Å². The number of nitrogens with one attached hydrogen (secondary N) is 1. The highest BCUT2D eigenvalue weighted by atomic mass is 79.9. The number of aromatic nitrogens is 4. The van der Waals surface area contributed by atoms with Crippen LogP contribution in [0.15, 0.2) is 32.5 Å². The van der Waals surface area contributed by atoms with Crippen LogP contribution in [0.1, 0.15) is 36.8 Å². The minimum absolute atomic E-state index is 0.138. The minimum atomic E-state index is -4.21. The van der Waals surface area contributed by atoms with Crippen molar-refractivity contribution in [2.24, 2.45) is 21.1 Å². The van der Waals surface area contributed by atoms with Crippen LogP contribution in [0, 0.1) is 0 Å². The van der Waals surface area contributed by atoms with Crippen molar-refractivity contribution in [3.05, 3.63) is 44.5 Å². The van der Waals surface area contributed by atoms with Crippen molar-refractivity contribution in [2.45, 2.75) is 31.1 Å². The number of imidazole rings is 1. The lowest BCUT2D eigenvalue weighted by atomic mass is 9.89. The zero-order valence-corrected chi connectivity index (χ0v) is 19.3. The molecule has 156 valence electrons. The summed E-state index contributed by atoms with van der Waals surface area (Å²) in [6.45, 7) is 5.67. The Kier molecular flexibility index (Phi) is 5.02. The third kappa shape index (κ3) is 3.64. The zero-order valence-electron chi connectivity index (χ0n) is 16.9. The van der Waals surface area contributed by atoms with Crippen molar-refractivity contribution < 1.29 is 13.2 Å². The van der Waals surface area contributed by atoms with Crippen LogP contribution in [0.2, 0.25) is 0 Å². The van der Waals surface area contributed by atoms with Crippen LogP contribution in [-0.2, 0) is 36.6 Å². The van der Waals surface area contributed by atoms with Gasteiger partial charge in [0.15, 0.2) is 0 Å². The molecular weight excluding hydrogens is 462 g/mol. The third-order valence-corrected chi connectivity index (χ3v) is 6.92. The van der Waals surface area contributed by atoms with E-state index in [2.05, 4.69) is 25.8 Å². The Bertz CT molecular complexity index is 1310. The van der Waals surface area contributed by atoms with Gasteiger partial charge in [-0.05, 0) is 28.1 Å². The molecule has 1 N–H and O–H groups in total. The fraction of sp³-hybridized carbons (Fsp3) is 0.389. The average molecular weight is 484 g/mol. The lowest BCUT2D eigenvalue weighted by molar-refractivity contribution is 0.0979. The first-order valence-electron chi connectivity index (χ1n) is 8.70. The van der Waals surface area contributed by atoms with Gasteiger partial charge in [-0.3, -0.25) is 18.6 Å². The summed E-state index contributed by atoms with van der Waals surface area (Å²) in [6.07, 6.45) is 1.49. The number of aryl methyl sites for hydroxylation is 3. The first-order valence-corrected chi connectivity index (χ1v) is 11.0. The summed E-state index contributed by atoms with van der Waals surface area (Å²) in [4.78, 5) is 24.8. The second-order valence-corrected chi connectivity index (χ2v) is 10.4. The average Bonchev–Trinajstić information content (AvgIpc) is 3.09. The molecular formula is C18H22BrN5O4S. The molecule has 2 heterocycles. The largest absolute Gasteiger partial charge is 0.328 e. The highest BCUT2D eigenvalue weighted by Crippen LogP contribution is 2.28. The molecule has 0 unspecified atom stereocenters. The number of hydrogen-bond donors (Lipinski definition) is 1. The van der Waals surface area contributed by atoms with Crippen molar-refractivity contribution in [3.8, 4) is 0 Å². The van der Waals surface area contributed by atoms with Crippen LogP contribution in [0.4, 0.5) is 0 Å². The van der Waals surface area contributed by atoms with Crippen LogP contribution in [0.5, 0.6) is 0 Å². The second kappa shape index (κ2) is 6.84. The molecule has 0 aliphatic carbocycles. The Balaban J connectivity index is 2.07. The Hall–Kier alpha value is -2.40. The maximum Gasteiger partial charge on any atom is 0.328 e.